The molecule has 0 aromatic heterocycles. The van der Waals surface area contributed by atoms with Gasteiger partial charge in [-0.05, 0) is 0 Å². The Kier molecular flexibility index (Phi) is 5.66. The number of non-ortho nitro benzene ring substituents is 1. The van der Waals surface area contributed by atoms with Crippen molar-refractivity contribution in [3.05, 3.63) is 33.9 Å². The number of ketones is 1. The predicted octanol–water partition coefficient (Wildman–Crippen LogP) is 1.04. The van der Waals surface area contributed by atoms with E-state index in [1.54, 1.807) is 13.0 Å². The Hall–Kier alpha value is -1.72. The van der Waals surface area contributed by atoms with Crippen molar-refractivity contribution in [2.24, 2.45) is 0 Å². The van der Waals surface area contributed by atoms with Crippen molar-refractivity contribution in [2.75, 3.05) is 5.51 Å². The number of nitro benzene ring substituents is 1. The summed E-state index contributed by atoms with van der Waals surface area (Å²) in [5.74, 6) is -0.532. The van der Waals surface area contributed by atoms with Gasteiger partial charge in [0.05, 0.1) is 0 Å². The fourth-order valence-corrected chi connectivity index (χ4v) is 3.06. The first-order valence-electron chi connectivity index (χ1n) is 5.53. The molecule has 0 aliphatic carbocycles. The quantitative estimate of drug-likeness (QED) is 0.256. The second kappa shape index (κ2) is 7.01. The number of benzene rings is 1. The number of hydrogen-bond donors (Lipinski definition) is 0. The third-order valence-corrected chi connectivity index (χ3v) is 4.17. The number of nitro groups is 1. The molecule has 0 fully saturated rings. The molecule has 0 spiro atoms. The van der Waals surface area contributed by atoms with E-state index in [1.165, 1.54) is 19.1 Å². The Balaban J connectivity index is 2.85. The molecule has 0 heterocycles. The SMILES string of the molecule is CCC(=O)OC[Se]c1ccc([N+](=O)[O-])cc1C(C)=O. The van der Waals surface area contributed by atoms with E-state index in [9.17, 15) is 19.7 Å². The van der Waals surface area contributed by atoms with Crippen molar-refractivity contribution in [1.82, 2.24) is 0 Å². The van der Waals surface area contributed by atoms with Crippen molar-refractivity contribution in [3.8, 4) is 0 Å². The van der Waals surface area contributed by atoms with Gasteiger partial charge in [-0.25, -0.2) is 0 Å². The molecule has 0 N–H and O–H groups in total. The van der Waals surface area contributed by atoms with Crippen LogP contribution in [0.1, 0.15) is 30.6 Å². The number of carbonyl (C=O) groups is 2. The van der Waals surface area contributed by atoms with Gasteiger partial charge in [-0.1, -0.05) is 0 Å². The van der Waals surface area contributed by atoms with Crippen LogP contribution in [-0.4, -0.2) is 37.1 Å². The van der Waals surface area contributed by atoms with Gasteiger partial charge in [-0.3, -0.25) is 0 Å². The summed E-state index contributed by atoms with van der Waals surface area (Å²) in [4.78, 5) is 32.6. The first-order chi connectivity index (χ1) is 8.95. The minimum absolute atomic E-state index is 0.115. The van der Waals surface area contributed by atoms with Crippen LogP contribution in [0.25, 0.3) is 0 Å². The zero-order valence-corrected chi connectivity index (χ0v) is 12.3. The van der Waals surface area contributed by atoms with Gasteiger partial charge < -0.3 is 0 Å². The molecule has 0 aliphatic heterocycles. The van der Waals surface area contributed by atoms with Crippen molar-refractivity contribution < 1.29 is 19.2 Å². The first-order valence-corrected chi connectivity index (χ1v) is 7.60. The average Bonchev–Trinajstić information content (AvgIpc) is 2.38. The third-order valence-electron chi connectivity index (χ3n) is 2.28. The van der Waals surface area contributed by atoms with Crippen LogP contribution in [0.3, 0.4) is 0 Å². The molecule has 0 radical (unpaired) electrons. The predicted molar refractivity (Wildman–Crippen MR) is 69.7 cm³/mol. The zero-order valence-electron chi connectivity index (χ0n) is 10.5. The summed E-state index contributed by atoms with van der Waals surface area (Å²) in [5.41, 5.74) is 0.426. The molecule has 6 nitrogen and oxygen atoms in total. The van der Waals surface area contributed by atoms with E-state index < -0.39 is 4.92 Å². The van der Waals surface area contributed by atoms with Crippen LogP contribution in [0, 0.1) is 10.1 Å². The Morgan fingerprint density at radius 1 is 1.42 bits per heavy atom. The normalized spacial score (nSPS) is 10.0. The summed E-state index contributed by atoms with van der Waals surface area (Å²) in [6.45, 7) is 3.05. The van der Waals surface area contributed by atoms with Crippen molar-refractivity contribution in [3.63, 3.8) is 0 Å². The van der Waals surface area contributed by atoms with Gasteiger partial charge in [0.1, 0.15) is 0 Å². The molecule has 0 aliphatic rings. The molecule has 19 heavy (non-hydrogen) atoms. The number of nitrogens with zero attached hydrogens (tertiary/aromatic N) is 1. The Morgan fingerprint density at radius 2 is 2.11 bits per heavy atom. The number of ether oxygens (including phenoxy) is 1. The van der Waals surface area contributed by atoms with Gasteiger partial charge in [0.2, 0.25) is 0 Å². The van der Waals surface area contributed by atoms with E-state index in [4.69, 9.17) is 4.74 Å². The molecule has 1 aromatic rings. The topological polar surface area (TPSA) is 86.5 Å². The second-order valence-corrected chi connectivity index (χ2v) is 5.65. The molecule has 0 saturated carbocycles. The molecule has 7 heteroatoms. The van der Waals surface area contributed by atoms with E-state index in [-0.39, 0.29) is 37.9 Å². The van der Waals surface area contributed by atoms with Crippen LogP contribution in [0.4, 0.5) is 5.69 Å². The van der Waals surface area contributed by atoms with Crippen molar-refractivity contribution in [2.45, 2.75) is 20.3 Å². The van der Waals surface area contributed by atoms with Crippen LogP contribution >= 0.6 is 0 Å². The fourth-order valence-electron chi connectivity index (χ4n) is 1.29. The number of rotatable bonds is 6. The van der Waals surface area contributed by atoms with Crippen LogP contribution in [0.15, 0.2) is 18.2 Å². The fraction of sp³-hybridized carbons (Fsp3) is 0.333. The number of hydrogen-bond acceptors (Lipinski definition) is 5. The maximum absolute atomic E-state index is 11.5. The van der Waals surface area contributed by atoms with Crippen LogP contribution in [0.5, 0.6) is 0 Å². The van der Waals surface area contributed by atoms with Gasteiger partial charge in [0.25, 0.3) is 0 Å². The molecule has 0 bridgehead atoms. The molecular weight excluding hydrogens is 317 g/mol. The second-order valence-electron chi connectivity index (χ2n) is 3.63. The monoisotopic (exact) mass is 331 g/mol. The minimum atomic E-state index is -0.541. The van der Waals surface area contributed by atoms with E-state index in [0.29, 0.717) is 16.4 Å². The van der Waals surface area contributed by atoms with E-state index >= 15 is 0 Å². The molecule has 1 aromatic carbocycles. The maximum atomic E-state index is 11.5. The molecule has 0 unspecified atom stereocenters. The van der Waals surface area contributed by atoms with E-state index in [1.807, 2.05) is 0 Å². The molecule has 102 valence electrons. The first kappa shape index (κ1) is 15.3. The summed E-state index contributed by atoms with van der Waals surface area (Å²) in [6, 6.07) is 4.17. The molecule has 1 rings (SSSR count). The van der Waals surface area contributed by atoms with Gasteiger partial charge in [0, 0.05) is 0 Å². The number of carbonyl (C=O) groups excluding carboxylic acids is 2. The van der Waals surface area contributed by atoms with Crippen molar-refractivity contribution >= 4 is 36.9 Å². The summed E-state index contributed by atoms with van der Waals surface area (Å²) >= 11 is -0.235. The van der Waals surface area contributed by atoms with Gasteiger partial charge >= 0.3 is 116 Å². The van der Waals surface area contributed by atoms with Gasteiger partial charge in [-0.15, -0.1) is 0 Å². The summed E-state index contributed by atoms with van der Waals surface area (Å²) < 4.78 is 5.65. The van der Waals surface area contributed by atoms with Gasteiger partial charge in [0.15, 0.2) is 0 Å². The van der Waals surface area contributed by atoms with Crippen LogP contribution in [-0.2, 0) is 9.53 Å². The van der Waals surface area contributed by atoms with Crippen molar-refractivity contribution in [1.29, 1.82) is 0 Å². The zero-order chi connectivity index (χ0) is 14.4. The Bertz CT molecular complexity index is 515. The molecule has 0 atom stereocenters. The van der Waals surface area contributed by atoms with Crippen LogP contribution in [0.2, 0.25) is 0 Å². The third kappa shape index (κ3) is 4.46. The summed E-state index contributed by atoms with van der Waals surface area (Å²) in [5, 5.41) is 10.7. The number of esters is 1. The summed E-state index contributed by atoms with van der Waals surface area (Å²) in [7, 11) is 0. The van der Waals surface area contributed by atoms with Gasteiger partial charge in [-0.2, -0.15) is 0 Å². The average molecular weight is 330 g/mol. The number of Topliss-reactive ketones (excluding diaryl/α,β-unsaturated/α-hetero) is 1. The Morgan fingerprint density at radius 3 is 2.63 bits per heavy atom. The molecular formula is C12H13NO5Se. The molecule has 0 saturated heterocycles. The Labute approximate surface area is 116 Å². The van der Waals surface area contributed by atoms with Crippen LogP contribution < -0.4 is 4.46 Å². The van der Waals surface area contributed by atoms with E-state index in [2.05, 4.69) is 0 Å². The van der Waals surface area contributed by atoms with E-state index in [0.717, 1.165) is 0 Å². The summed E-state index contributed by atoms with van der Waals surface area (Å²) in [6.07, 6.45) is 0.301. The standard InChI is InChI=1S/C12H13NO5Se/c1-3-12(15)18-7-19-11-5-4-9(13(16)17)6-10(11)8(2)14/h4-6H,3,7H2,1-2H3. The molecule has 0 amide bonds.